The maximum Gasteiger partial charge on any atom is 0.170 e. The molecule has 20 heavy (non-hydrogen) atoms. The largest absolute Gasteiger partial charge is 0.398 e. The minimum atomic E-state index is -0.969. The number of pyridine rings is 2. The Balaban J connectivity index is 2.38. The van der Waals surface area contributed by atoms with Gasteiger partial charge in [0.05, 0.1) is 22.3 Å². The molecule has 0 aliphatic heterocycles. The smallest absolute Gasteiger partial charge is 0.170 e. The van der Waals surface area contributed by atoms with Gasteiger partial charge in [-0.3, -0.25) is 4.98 Å². The first kappa shape index (κ1) is 12.5. The molecule has 0 fully saturated rings. The quantitative estimate of drug-likeness (QED) is 0.737. The van der Waals surface area contributed by atoms with Crippen LogP contribution in [0, 0.1) is 18.6 Å². The van der Waals surface area contributed by atoms with Gasteiger partial charge >= 0.3 is 0 Å². The molecular formula is C15H11F2N3. The highest BCUT2D eigenvalue weighted by Gasteiger charge is 2.17. The second-order valence-electron chi connectivity index (χ2n) is 4.47. The highest BCUT2D eigenvalue weighted by atomic mass is 19.2. The number of halogens is 2. The number of nitrogens with zero attached hydrogens (tertiary/aromatic N) is 2. The molecule has 3 nitrogen and oxygen atoms in total. The van der Waals surface area contributed by atoms with E-state index >= 15 is 0 Å². The Morgan fingerprint density at radius 2 is 1.90 bits per heavy atom. The van der Waals surface area contributed by atoms with Crippen molar-refractivity contribution in [2.24, 2.45) is 0 Å². The first-order chi connectivity index (χ1) is 9.59. The van der Waals surface area contributed by atoms with Crippen molar-refractivity contribution in [3.63, 3.8) is 0 Å². The summed E-state index contributed by atoms with van der Waals surface area (Å²) in [5.74, 6) is -1.90. The summed E-state index contributed by atoms with van der Waals surface area (Å²) in [6.07, 6.45) is 1.64. The molecule has 0 saturated heterocycles. The number of hydrogen-bond donors (Lipinski definition) is 1. The van der Waals surface area contributed by atoms with Crippen LogP contribution in [0.3, 0.4) is 0 Å². The Morgan fingerprint density at radius 3 is 2.60 bits per heavy atom. The molecule has 0 atom stereocenters. The molecule has 0 unspecified atom stereocenters. The third-order valence-corrected chi connectivity index (χ3v) is 3.24. The molecule has 1 aromatic carbocycles. The van der Waals surface area contributed by atoms with Gasteiger partial charge in [0, 0.05) is 17.4 Å². The van der Waals surface area contributed by atoms with Gasteiger partial charge in [0.1, 0.15) is 0 Å². The molecule has 3 rings (SSSR count). The number of hydrogen-bond acceptors (Lipinski definition) is 3. The van der Waals surface area contributed by atoms with Crippen LogP contribution in [0.4, 0.5) is 14.5 Å². The molecule has 0 aliphatic rings. The third kappa shape index (κ3) is 1.79. The maximum atomic E-state index is 13.9. The summed E-state index contributed by atoms with van der Waals surface area (Å²) in [6, 6.07) is 7.87. The van der Waals surface area contributed by atoms with Crippen LogP contribution in [0.15, 0.2) is 36.5 Å². The molecule has 0 spiro atoms. The zero-order valence-electron chi connectivity index (χ0n) is 10.7. The zero-order valence-corrected chi connectivity index (χ0v) is 10.7. The number of anilines is 1. The number of nitrogens with two attached hydrogens (primary N) is 1. The summed E-state index contributed by atoms with van der Waals surface area (Å²) in [5, 5.41) is 0.0159. The molecule has 0 bridgehead atoms. The Bertz CT molecular complexity index is 801. The second kappa shape index (κ2) is 4.52. The van der Waals surface area contributed by atoms with Crippen molar-refractivity contribution in [3.8, 4) is 11.4 Å². The molecule has 0 radical (unpaired) electrons. The monoisotopic (exact) mass is 271 g/mol. The van der Waals surface area contributed by atoms with Crippen molar-refractivity contribution in [2.75, 3.05) is 5.73 Å². The van der Waals surface area contributed by atoms with Crippen LogP contribution in [0.2, 0.25) is 0 Å². The van der Waals surface area contributed by atoms with Crippen molar-refractivity contribution in [1.29, 1.82) is 0 Å². The van der Waals surface area contributed by atoms with Crippen LogP contribution in [-0.4, -0.2) is 9.97 Å². The maximum absolute atomic E-state index is 13.9. The lowest BCUT2D eigenvalue weighted by Crippen LogP contribution is -2.01. The summed E-state index contributed by atoms with van der Waals surface area (Å²) >= 11 is 0. The van der Waals surface area contributed by atoms with Gasteiger partial charge in [-0.1, -0.05) is 6.07 Å². The summed E-state index contributed by atoms with van der Waals surface area (Å²) in [6.45, 7) is 1.72. The summed E-state index contributed by atoms with van der Waals surface area (Å²) < 4.78 is 27.2. The molecule has 2 aromatic heterocycles. The van der Waals surface area contributed by atoms with Gasteiger partial charge in [-0.15, -0.1) is 0 Å². The van der Waals surface area contributed by atoms with Gasteiger partial charge < -0.3 is 5.73 Å². The van der Waals surface area contributed by atoms with Crippen LogP contribution < -0.4 is 5.73 Å². The molecule has 0 aliphatic carbocycles. The molecule has 0 saturated carbocycles. The molecule has 2 N–H and O–H groups in total. The second-order valence-corrected chi connectivity index (χ2v) is 4.47. The minimum Gasteiger partial charge on any atom is -0.398 e. The average Bonchev–Trinajstić information content (AvgIpc) is 2.47. The van der Waals surface area contributed by atoms with Gasteiger partial charge in [0.15, 0.2) is 11.6 Å². The van der Waals surface area contributed by atoms with Gasteiger partial charge in [0.25, 0.3) is 0 Å². The molecular weight excluding hydrogens is 260 g/mol. The molecule has 100 valence electrons. The van der Waals surface area contributed by atoms with Crippen LogP contribution >= 0.6 is 0 Å². The van der Waals surface area contributed by atoms with E-state index < -0.39 is 11.6 Å². The topological polar surface area (TPSA) is 51.8 Å². The first-order valence-corrected chi connectivity index (χ1v) is 6.05. The van der Waals surface area contributed by atoms with Crippen molar-refractivity contribution in [3.05, 3.63) is 53.7 Å². The van der Waals surface area contributed by atoms with Gasteiger partial charge in [-0.05, 0) is 31.2 Å². The standard InChI is InChI=1S/C15H11F2N3/c1-8-14(18)12-10(6-5-9(16)13(12)17)20-15(8)11-4-2-3-7-19-11/h2-7H,1H3,(H2,18,20). The number of benzene rings is 1. The van der Waals surface area contributed by atoms with E-state index in [1.807, 2.05) is 6.07 Å². The fraction of sp³-hybridized carbons (Fsp3) is 0.0667. The predicted molar refractivity (Wildman–Crippen MR) is 74.0 cm³/mol. The highest BCUT2D eigenvalue weighted by Crippen LogP contribution is 2.32. The van der Waals surface area contributed by atoms with Crippen LogP contribution in [0.1, 0.15) is 5.56 Å². The van der Waals surface area contributed by atoms with Crippen molar-refractivity contribution >= 4 is 16.6 Å². The van der Waals surface area contributed by atoms with Crippen LogP contribution in [0.5, 0.6) is 0 Å². The highest BCUT2D eigenvalue weighted by molar-refractivity contribution is 5.95. The van der Waals surface area contributed by atoms with E-state index in [1.54, 1.807) is 25.3 Å². The normalized spacial score (nSPS) is 10.9. The fourth-order valence-electron chi connectivity index (χ4n) is 2.16. The van der Waals surface area contributed by atoms with Gasteiger partial charge in [-0.2, -0.15) is 0 Å². The SMILES string of the molecule is Cc1c(-c2ccccn2)nc2ccc(F)c(F)c2c1N. The Kier molecular flexibility index (Phi) is 2.82. The van der Waals surface area contributed by atoms with E-state index in [4.69, 9.17) is 5.73 Å². The third-order valence-electron chi connectivity index (χ3n) is 3.24. The van der Waals surface area contributed by atoms with E-state index in [-0.39, 0.29) is 11.1 Å². The van der Waals surface area contributed by atoms with E-state index in [0.717, 1.165) is 6.07 Å². The Morgan fingerprint density at radius 1 is 1.10 bits per heavy atom. The summed E-state index contributed by atoms with van der Waals surface area (Å²) in [5.41, 5.74) is 8.25. The van der Waals surface area contributed by atoms with Crippen molar-refractivity contribution in [1.82, 2.24) is 9.97 Å². The average molecular weight is 271 g/mol. The van der Waals surface area contributed by atoms with Crippen LogP contribution in [0.25, 0.3) is 22.3 Å². The van der Waals surface area contributed by atoms with E-state index in [2.05, 4.69) is 9.97 Å². The first-order valence-electron chi connectivity index (χ1n) is 6.05. The van der Waals surface area contributed by atoms with Gasteiger partial charge in [-0.25, -0.2) is 13.8 Å². The number of rotatable bonds is 1. The van der Waals surface area contributed by atoms with Gasteiger partial charge in [0.2, 0.25) is 0 Å². The zero-order chi connectivity index (χ0) is 14.3. The summed E-state index contributed by atoms with van der Waals surface area (Å²) in [7, 11) is 0. The van der Waals surface area contributed by atoms with E-state index in [0.29, 0.717) is 22.5 Å². The summed E-state index contributed by atoms with van der Waals surface area (Å²) in [4.78, 5) is 8.57. The number of nitrogen functional groups attached to an aromatic ring is 1. The lowest BCUT2D eigenvalue weighted by Gasteiger charge is -2.11. The van der Waals surface area contributed by atoms with Crippen LogP contribution in [-0.2, 0) is 0 Å². The lowest BCUT2D eigenvalue weighted by atomic mass is 10.0. The van der Waals surface area contributed by atoms with Crippen molar-refractivity contribution in [2.45, 2.75) is 6.92 Å². The molecule has 5 heteroatoms. The molecule has 2 heterocycles. The molecule has 3 aromatic rings. The lowest BCUT2D eigenvalue weighted by molar-refractivity contribution is 0.517. The van der Waals surface area contributed by atoms with E-state index in [1.165, 1.54) is 6.07 Å². The number of aromatic nitrogens is 2. The number of fused-ring (bicyclic) bond motifs is 1. The predicted octanol–water partition coefficient (Wildman–Crippen LogP) is 3.47. The molecule has 0 amide bonds. The Labute approximate surface area is 114 Å². The Hall–Kier alpha value is -2.56. The minimum absolute atomic E-state index is 0.0159. The fourth-order valence-corrected chi connectivity index (χ4v) is 2.16. The van der Waals surface area contributed by atoms with Crippen molar-refractivity contribution < 1.29 is 8.78 Å². The van der Waals surface area contributed by atoms with E-state index in [9.17, 15) is 8.78 Å².